The maximum atomic E-state index is 13.4. The van der Waals surface area contributed by atoms with E-state index in [1.807, 2.05) is 36.8 Å². The van der Waals surface area contributed by atoms with Crippen LogP contribution in [0.15, 0.2) is 77.8 Å². The number of hydrogen-bond donors (Lipinski definition) is 3. The fraction of sp³-hybridized carbons (Fsp3) is 0.241. The van der Waals surface area contributed by atoms with Gasteiger partial charge in [0, 0.05) is 5.56 Å². The van der Waals surface area contributed by atoms with E-state index in [9.17, 15) is 34.8 Å². The van der Waals surface area contributed by atoms with Crippen LogP contribution in [-0.2, 0) is 37.4 Å². The van der Waals surface area contributed by atoms with Crippen LogP contribution in [0.1, 0.15) is 51.4 Å². The molecule has 1 aliphatic heterocycles. The van der Waals surface area contributed by atoms with Crippen LogP contribution < -0.4 is 9.44 Å². The number of aryl methyl sites for hydroxylation is 2. The molecule has 2 unspecified atom stereocenters. The van der Waals surface area contributed by atoms with E-state index in [-0.39, 0.29) is 18.7 Å². The summed E-state index contributed by atoms with van der Waals surface area (Å²) in [5, 5.41) is -1.05. The number of benzene rings is 3. The predicted octanol–water partition coefficient (Wildman–Crippen LogP) is 4.87. The first-order valence-electron chi connectivity index (χ1n) is 13.1. The molecule has 3 aromatic carbocycles. The number of sulfonamides is 2. The molecule has 2 atom stereocenters. The molecule has 3 N–H and O–H groups in total. The van der Waals surface area contributed by atoms with Gasteiger partial charge in [-0.2, -0.15) is 13.2 Å². The molecule has 0 bridgehead atoms. The largest absolute Gasteiger partial charge is 0.416 e. The van der Waals surface area contributed by atoms with Crippen molar-refractivity contribution in [2.75, 3.05) is 0 Å². The van der Waals surface area contributed by atoms with Crippen molar-refractivity contribution < 1.29 is 34.8 Å². The average Bonchev–Trinajstić information content (AvgIpc) is 3.51. The zero-order valence-corrected chi connectivity index (χ0v) is 24.6. The Balaban J connectivity index is 1.48. The smallest absolute Gasteiger partial charge is 0.341 e. The standard InChI is InChI=1S/C29H27F3N4O5S2/c1-17-10-18(2)12-21(11-17)25-16-33-28(34-25)24(35-42(38,39)23-5-3-4-22(14-23)29(30,31)32)13-19-6-8-20(9-7-19)26-15-27(37)36-43(26,40)41/h3-12,14,16,24,26,35H,13,15H2,1-2H3,(H,33,34)(H,36,37). The summed E-state index contributed by atoms with van der Waals surface area (Å²) in [5.74, 6) is -0.377. The van der Waals surface area contributed by atoms with Gasteiger partial charge in [0.15, 0.2) is 0 Å². The van der Waals surface area contributed by atoms with Crippen molar-refractivity contribution in [1.82, 2.24) is 19.4 Å². The Bertz CT molecular complexity index is 1880. The quantitative estimate of drug-likeness (QED) is 0.254. The molecule has 1 amide bonds. The minimum atomic E-state index is -4.73. The number of nitrogens with zero attached hydrogens (tertiary/aromatic N) is 1. The predicted molar refractivity (Wildman–Crippen MR) is 153 cm³/mol. The molecule has 14 heteroatoms. The molecule has 5 rings (SSSR count). The van der Waals surface area contributed by atoms with Crippen molar-refractivity contribution in [2.24, 2.45) is 0 Å². The number of imidazole rings is 1. The van der Waals surface area contributed by atoms with Crippen molar-refractivity contribution in [3.05, 3.63) is 107 Å². The van der Waals surface area contributed by atoms with Crippen molar-refractivity contribution in [1.29, 1.82) is 0 Å². The Morgan fingerprint density at radius 1 is 1.02 bits per heavy atom. The van der Waals surface area contributed by atoms with E-state index >= 15 is 0 Å². The highest BCUT2D eigenvalue weighted by atomic mass is 32.2. The normalized spacial score (nSPS) is 17.5. The number of carbonyl (C=O) groups is 1. The fourth-order valence-corrected chi connectivity index (χ4v) is 7.70. The van der Waals surface area contributed by atoms with Crippen LogP contribution in [0.5, 0.6) is 0 Å². The summed E-state index contributed by atoms with van der Waals surface area (Å²) in [5.41, 5.74) is 3.32. The summed E-state index contributed by atoms with van der Waals surface area (Å²) in [7, 11) is -8.31. The number of halogens is 3. The first-order chi connectivity index (χ1) is 20.1. The summed E-state index contributed by atoms with van der Waals surface area (Å²) in [4.78, 5) is 18.6. The monoisotopic (exact) mass is 632 g/mol. The second kappa shape index (κ2) is 11.2. The number of alkyl halides is 3. The van der Waals surface area contributed by atoms with Crippen LogP contribution in [0.25, 0.3) is 11.3 Å². The molecule has 2 heterocycles. The third kappa shape index (κ3) is 6.81. The number of aromatic amines is 1. The lowest BCUT2D eigenvalue weighted by Gasteiger charge is -2.18. The van der Waals surface area contributed by atoms with Crippen LogP contribution >= 0.6 is 0 Å². The van der Waals surface area contributed by atoms with Crippen LogP contribution in [0, 0.1) is 13.8 Å². The van der Waals surface area contributed by atoms with E-state index < -0.39 is 53.9 Å². The molecular formula is C29H27F3N4O5S2. The SMILES string of the molecule is Cc1cc(C)cc(-c2cnc(C(Cc3ccc(C4CC(=O)NS4(=O)=O)cc3)NS(=O)(=O)c3cccc(C(F)(F)F)c3)[nH]2)c1. The highest BCUT2D eigenvalue weighted by molar-refractivity contribution is 7.90. The molecule has 0 saturated carbocycles. The van der Waals surface area contributed by atoms with E-state index in [1.54, 1.807) is 30.5 Å². The molecule has 43 heavy (non-hydrogen) atoms. The number of aromatic nitrogens is 2. The van der Waals surface area contributed by atoms with Crippen LogP contribution in [-0.4, -0.2) is 32.7 Å². The van der Waals surface area contributed by atoms with E-state index in [4.69, 9.17) is 0 Å². The summed E-state index contributed by atoms with van der Waals surface area (Å²) in [6.07, 6.45) is -3.38. The summed E-state index contributed by atoms with van der Waals surface area (Å²) in [6.45, 7) is 3.87. The van der Waals surface area contributed by atoms with Crippen LogP contribution in [0.4, 0.5) is 13.2 Å². The Morgan fingerprint density at radius 2 is 1.70 bits per heavy atom. The van der Waals surface area contributed by atoms with Crippen LogP contribution in [0.3, 0.4) is 0 Å². The van der Waals surface area contributed by atoms with E-state index in [2.05, 4.69) is 14.7 Å². The zero-order chi connectivity index (χ0) is 31.2. The van der Waals surface area contributed by atoms with E-state index in [0.717, 1.165) is 34.9 Å². The molecule has 1 saturated heterocycles. The second-order valence-electron chi connectivity index (χ2n) is 10.5. The van der Waals surface area contributed by atoms with Gasteiger partial charge in [0.05, 0.1) is 34.8 Å². The van der Waals surface area contributed by atoms with Gasteiger partial charge >= 0.3 is 6.18 Å². The Hall–Kier alpha value is -4.01. The van der Waals surface area contributed by atoms with Gasteiger partial charge < -0.3 is 4.98 Å². The molecule has 0 spiro atoms. The Kier molecular flexibility index (Phi) is 7.96. The third-order valence-electron chi connectivity index (χ3n) is 7.02. The van der Waals surface area contributed by atoms with Gasteiger partial charge in [-0.15, -0.1) is 0 Å². The van der Waals surface area contributed by atoms with Gasteiger partial charge in [0.2, 0.25) is 26.0 Å². The van der Waals surface area contributed by atoms with Crippen LogP contribution in [0.2, 0.25) is 0 Å². The zero-order valence-electron chi connectivity index (χ0n) is 22.9. The number of H-pyrrole nitrogens is 1. The molecule has 1 aromatic heterocycles. The van der Waals surface area contributed by atoms with Gasteiger partial charge in [-0.1, -0.05) is 47.5 Å². The molecule has 1 aliphatic rings. The molecule has 226 valence electrons. The number of amides is 1. The van der Waals surface area contributed by atoms with Crippen molar-refractivity contribution >= 4 is 26.0 Å². The lowest BCUT2D eigenvalue weighted by atomic mass is 10.0. The molecule has 4 aromatic rings. The minimum Gasteiger partial charge on any atom is -0.341 e. The molecule has 1 fully saturated rings. The van der Waals surface area contributed by atoms with Crippen molar-refractivity contribution in [3.8, 4) is 11.3 Å². The fourth-order valence-electron chi connectivity index (χ4n) is 5.03. The lowest BCUT2D eigenvalue weighted by Crippen LogP contribution is -2.31. The first-order valence-corrected chi connectivity index (χ1v) is 16.1. The second-order valence-corrected chi connectivity index (χ2v) is 14.0. The summed E-state index contributed by atoms with van der Waals surface area (Å²) >= 11 is 0. The lowest BCUT2D eigenvalue weighted by molar-refractivity contribution is -0.137. The van der Waals surface area contributed by atoms with Gasteiger partial charge in [-0.25, -0.2) is 26.5 Å². The highest BCUT2D eigenvalue weighted by Gasteiger charge is 2.38. The topological polar surface area (TPSA) is 138 Å². The Labute approximate surface area is 246 Å². The molecule has 9 nitrogen and oxygen atoms in total. The maximum Gasteiger partial charge on any atom is 0.416 e. The van der Waals surface area contributed by atoms with E-state index in [1.165, 1.54) is 0 Å². The van der Waals surface area contributed by atoms with Gasteiger partial charge in [-0.05, 0) is 61.7 Å². The average molecular weight is 633 g/mol. The molecule has 0 aliphatic carbocycles. The summed E-state index contributed by atoms with van der Waals surface area (Å²) < 4.78 is 95.6. The highest BCUT2D eigenvalue weighted by Crippen LogP contribution is 2.33. The first kappa shape index (κ1) is 30.4. The molecule has 0 radical (unpaired) electrons. The number of carbonyl (C=O) groups excluding carboxylic acids is 1. The van der Waals surface area contributed by atoms with Crippen molar-refractivity contribution in [3.63, 3.8) is 0 Å². The summed E-state index contributed by atoms with van der Waals surface area (Å²) in [6, 6.07) is 14.6. The van der Waals surface area contributed by atoms with Gasteiger partial charge in [0.1, 0.15) is 11.1 Å². The number of rotatable bonds is 8. The van der Waals surface area contributed by atoms with Gasteiger partial charge in [-0.3, -0.25) is 9.52 Å². The van der Waals surface area contributed by atoms with E-state index in [0.29, 0.717) is 22.9 Å². The maximum absolute atomic E-state index is 13.4. The minimum absolute atomic E-state index is 0.0207. The molecular weight excluding hydrogens is 605 g/mol. The third-order valence-corrected chi connectivity index (χ3v) is 10.2. The van der Waals surface area contributed by atoms with Crippen molar-refractivity contribution in [2.45, 2.75) is 49.1 Å². The Morgan fingerprint density at radius 3 is 2.30 bits per heavy atom. The number of hydrogen-bond acceptors (Lipinski definition) is 6. The number of nitrogens with one attached hydrogen (secondary N) is 3. The van der Waals surface area contributed by atoms with Gasteiger partial charge in [0.25, 0.3) is 0 Å².